The summed E-state index contributed by atoms with van der Waals surface area (Å²) in [6.45, 7) is 2.64. The van der Waals surface area contributed by atoms with Crippen molar-refractivity contribution in [3.05, 3.63) is 96.1 Å². The molecule has 0 bridgehead atoms. The third-order valence-electron chi connectivity index (χ3n) is 5.08. The highest BCUT2D eigenvalue weighted by atomic mass is 16.3. The predicted octanol–water partition coefficient (Wildman–Crippen LogP) is 5.20. The monoisotopic (exact) mass is 385 g/mol. The van der Waals surface area contributed by atoms with Crippen LogP contribution in [0.4, 0.5) is 5.69 Å². The fourth-order valence-electron chi connectivity index (χ4n) is 3.50. The van der Waals surface area contributed by atoms with E-state index in [9.17, 15) is 0 Å². The van der Waals surface area contributed by atoms with Crippen molar-refractivity contribution in [3.8, 4) is 0 Å². The zero-order chi connectivity index (χ0) is 19.7. The van der Waals surface area contributed by atoms with Crippen LogP contribution >= 0.6 is 0 Å². The van der Waals surface area contributed by atoms with Gasteiger partial charge in [0.05, 0.1) is 18.3 Å². The van der Waals surface area contributed by atoms with E-state index in [0.29, 0.717) is 0 Å². The van der Waals surface area contributed by atoms with Gasteiger partial charge in [0.2, 0.25) is 0 Å². The van der Waals surface area contributed by atoms with Crippen LogP contribution in [0.2, 0.25) is 0 Å². The van der Waals surface area contributed by atoms with Gasteiger partial charge in [-0.15, -0.1) is 0 Å². The number of aromatic nitrogens is 1. The van der Waals surface area contributed by atoms with E-state index >= 15 is 0 Å². The molecule has 4 heteroatoms. The number of nitrogens with one attached hydrogen (secondary N) is 2. The van der Waals surface area contributed by atoms with Crippen molar-refractivity contribution in [3.63, 3.8) is 0 Å². The number of fused-ring (bicyclic) bond motifs is 1. The first-order valence-corrected chi connectivity index (χ1v) is 10.3. The molecule has 148 valence electrons. The minimum Gasteiger partial charge on any atom is -0.468 e. The summed E-state index contributed by atoms with van der Waals surface area (Å²) in [4.78, 5) is 4.58. The molecule has 4 nitrogen and oxygen atoms in total. The molecule has 0 spiro atoms. The van der Waals surface area contributed by atoms with Crippen molar-refractivity contribution < 1.29 is 4.42 Å². The Labute approximate surface area is 172 Å². The van der Waals surface area contributed by atoms with Gasteiger partial charge in [0, 0.05) is 23.8 Å². The highest BCUT2D eigenvalue weighted by Crippen LogP contribution is 2.23. The molecule has 0 saturated heterocycles. The van der Waals surface area contributed by atoms with Crippen LogP contribution in [0.1, 0.15) is 23.3 Å². The molecule has 0 saturated carbocycles. The summed E-state index contributed by atoms with van der Waals surface area (Å²) in [7, 11) is 0. The maximum Gasteiger partial charge on any atom is 0.117 e. The Kier molecular flexibility index (Phi) is 6.56. The molecular formula is C25H27N3O. The third kappa shape index (κ3) is 5.46. The van der Waals surface area contributed by atoms with Gasteiger partial charge in [0.25, 0.3) is 0 Å². The van der Waals surface area contributed by atoms with Gasteiger partial charge in [0.15, 0.2) is 0 Å². The number of anilines is 1. The van der Waals surface area contributed by atoms with Crippen molar-refractivity contribution >= 4 is 16.6 Å². The Morgan fingerprint density at radius 3 is 2.59 bits per heavy atom. The van der Waals surface area contributed by atoms with Gasteiger partial charge in [-0.05, 0) is 61.2 Å². The zero-order valence-corrected chi connectivity index (χ0v) is 16.6. The van der Waals surface area contributed by atoms with Gasteiger partial charge in [0.1, 0.15) is 5.76 Å². The Bertz CT molecular complexity index is 1010. The van der Waals surface area contributed by atoms with Gasteiger partial charge in [-0.3, -0.25) is 4.98 Å². The van der Waals surface area contributed by atoms with Crippen molar-refractivity contribution in [1.29, 1.82) is 0 Å². The summed E-state index contributed by atoms with van der Waals surface area (Å²) >= 11 is 0. The quantitative estimate of drug-likeness (QED) is 0.368. The van der Waals surface area contributed by atoms with Crippen LogP contribution in [0, 0.1) is 0 Å². The number of benzene rings is 2. The lowest BCUT2D eigenvalue weighted by Crippen LogP contribution is -2.17. The maximum absolute atomic E-state index is 5.32. The molecule has 4 aromatic rings. The molecule has 4 rings (SSSR count). The lowest BCUT2D eigenvalue weighted by atomic mass is 10.0. The van der Waals surface area contributed by atoms with Crippen molar-refractivity contribution in [2.24, 2.45) is 0 Å². The average Bonchev–Trinajstić information content (AvgIpc) is 3.29. The average molecular weight is 386 g/mol. The molecular weight excluding hydrogens is 358 g/mol. The van der Waals surface area contributed by atoms with Crippen LogP contribution in [-0.4, -0.2) is 18.1 Å². The van der Waals surface area contributed by atoms with Gasteiger partial charge in [-0.1, -0.05) is 42.5 Å². The molecule has 2 aromatic carbocycles. The maximum atomic E-state index is 5.32. The van der Waals surface area contributed by atoms with E-state index in [4.69, 9.17) is 4.42 Å². The second-order valence-corrected chi connectivity index (χ2v) is 7.23. The highest BCUT2D eigenvalue weighted by molar-refractivity contribution is 5.91. The van der Waals surface area contributed by atoms with Gasteiger partial charge < -0.3 is 15.1 Å². The topological polar surface area (TPSA) is 50.1 Å². The van der Waals surface area contributed by atoms with E-state index in [1.807, 2.05) is 18.3 Å². The minimum atomic E-state index is 0.775. The number of nitrogens with zero attached hydrogens (tertiary/aromatic N) is 1. The minimum absolute atomic E-state index is 0.775. The first kappa shape index (κ1) is 19.2. The normalized spacial score (nSPS) is 11.0. The van der Waals surface area contributed by atoms with Gasteiger partial charge in [-0.25, -0.2) is 0 Å². The van der Waals surface area contributed by atoms with E-state index in [1.165, 1.54) is 16.5 Å². The fourth-order valence-corrected chi connectivity index (χ4v) is 3.50. The summed E-state index contributed by atoms with van der Waals surface area (Å²) in [5, 5.41) is 8.14. The Hall–Kier alpha value is -3.11. The molecule has 0 aliphatic rings. The second-order valence-electron chi connectivity index (χ2n) is 7.23. The second kappa shape index (κ2) is 9.89. The first-order valence-electron chi connectivity index (χ1n) is 10.3. The standard InChI is InChI=1S/C25H27N3O/c1-2-6-20(7-3-1)9-10-21-11-12-23-24(13-16-28-25(23)18-21)27-15-5-14-26-19-22-8-4-17-29-22/h1-4,6-8,11-13,16-18,26H,5,9-10,14-15,19H2,(H,27,28). The van der Waals surface area contributed by atoms with Crippen LogP contribution < -0.4 is 10.6 Å². The van der Waals surface area contributed by atoms with Crippen LogP contribution in [0.5, 0.6) is 0 Å². The van der Waals surface area contributed by atoms with Crippen molar-refractivity contribution in [2.45, 2.75) is 25.8 Å². The van der Waals surface area contributed by atoms with E-state index < -0.39 is 0 Å². The third-order valence-corrected chi connectivity index (χ3v) is 5.08. The van der Waals surface area contributed by atoms with Crippen LogP contribution in [-0.2, 0) is 19.4 Å². The summed E-state index contributed by atoms with van der Waals surface area (Å²) < 4.78 is 5.32. The zero-order valence-electron chi connectivity index (χ0n) is 16.6. The van der Waals surface area contributed by atoms with E-state index in [2.05, 4.69) is 70.2 Å². The summed E-state index contributed by atoms with van der Waals surface area (Å²) in [5.41, 5.74) is 4.90. The molecule has 0 amide bonds. The fraction of sp³-hybridized carbons (Fsp3) is 0.240. The van der Waals surface area contributed by atoms with Crippen molar-refractivity contribution in [2.75, 3.05) is 18.4 Å². The van der Waals surface area contributed by atoms with Crippen molar-refractivity contribution in [1.82, 2.24) is 10.3 Å². The molecule has 0 radical (unpaired) electrons. The number of hydrogen-bond donors (Lipinski definition) is 2. The number of furan rings is 1. The van der Waals surface area contributed by atoms with Crippen LogP contribution in [0.15, 0.2) is 83.6 Å². The van der Waals surface area contributed by atoms with E-state index in [0.717, 1.165) is 55.9 Å². The molecule has 2 heterocycles. The molecule has 29 heavy (non-hydrogen) atoms. The Morgan fingerprint density at radius 1 is 0.828 bits per heavy atom. The SMILES string of the molecule is c1ccc(CCc2ccc3c(NCCCNCc4ccco4)ccnc3c2)cc1. The first-order chi connectivity index (χ1) is 14.4. The lowest BCUT2D eigenvalue weighted by molar-refractivity contribution is 0.482. The number of aryl methyl sites for hydroxylation is 2. The molecule has 2 N–H and O–H groups in total. The highest BCUT2D eigenvalue weighted by Gasteiger charge is 2.04. The molecule has 0 unspecified atom stereocenters. The van der Waals surface area contributed by atoms with Crippen LogP contribution in [0.25, 0.3) is 10.9 Å². The van der Waals surface area contributed by atoms with Gasteiger partial charge >= 0.3 is 0 Å². The molecule has 0 aliphatic carbocycles. The smallest absolute Gasteiger partial charge is 0.117 e. The number of hydrogen-bond acceptors (Lipinski definition) is 4. The summed E-state index contributed by atoms with van der Waals surface area (Å²) in [6.07, 6.45) is 6.72. The molecule has 2 aromatic heterocycles. The molecule has 0 atom stereocenters. The largest absolute Gasteiger partial charge is 0.468 e. The summed E-state index contributed by atoms with van der Waals surface area (Å²) in [5.74, 6) is 0.973. The van der Waals surface area contributed by atoms with Gasteiger partial charge in [-0.2, -0.15) is 0 Å². The molecule has 0 fully saturated rings. The molecule has 0 aliphatic heterocycles. The van der Waals surface area contributed by atoms with E-state index in [-0.39, 0.29) is 0 Å². The van der Waals surface area contributed by atoms with Crippen LogP contribution in [0.3, 0.4) is 0 Å². The lowest BCUT2D eigenvalue weighted by Gasteiger charge is -2.11. The number of pyridine rings is 1. The summed E-state index contributed by atoms with van der Waals surface area (Å²) in [6, 6.07) is 23.2. The number of rotatable bonds is 10. The Morgan fingerprint density at radius 2 is 1.72 bits per heavy atom. The van der Waals surface area contributed by atoms with E-state index in [1.54, 1.807) is 6.26 Å². The predicted molar refractivity (Wildman–Crippen MR) is 119 cm³/mol. The Balaban J connectivity index is 1.29.